The molecule has 0 amide bonds. The number of carbonyl (C=O) groups excluding carboxylic acids is 1. The van der Waals surface area contributed by atoms with Gasteiger partial charge in [-0.2, -0.15) is 0 Å². The van der Waals surface area contributed by atoms with E-state index in [-0.39, 0.29) is 29.9 Å². The van der Waals surface area contributed by atoms with Gasteiger partial charge in [-0.3, -0.25) is 14.9 Å². The first kappa shape index (κ1) is 15.7. The third-order valence-electron chi connectivity index (χ3n) is 2.77. The summed E-state index contributed by atoms with van der Waals surface area (Å²) in [6.45, 7) is 5.95. The number of rotatable bonds is 6. The van der Waals surface area contributed by atoms with Crippen LogP contribution in [0.25, 0.3) is 0 Å². The van der Waals surface area contributed by atoms with E-state index in [1.54, 1.807) is 17.9 Å². The number of hydrogen-bond donors (Lipinski definition) is 1. The van der Waals surface area contributed by atoms with Crippen LogP contribution in [0.2, 0.25) is 0 Å². The lowest BCUT2D eigenvalue weighted by atomic mass is 10.2. The molecule has 0 heterocycles. The van der Waals surface area contributed by atoms with E-state index in [9.17, 15) is 14.9 Å². The van der Waals surface area contributed by atoms with Crippen LogP contribution in [0.5, 0.6) is 0 Å². The van der Waals surface area contributed by atoms with E-state index < -0.39 is 4.92 Å². The maximum absolute atomic E-state index is 11.6. The van der Waals surface area contributed by atoms with Crippen molar-refractivity contribution in [3.05, 3.63) is 28.3 Å². The second-order valence-electron chi connectivity index (χ2n) is 4.53. The molecule has 2 N–H and O–H groups in total. The highest BCUT2D eigenvalue weighted by atomic mass is 16.6. The Labute approximate surface area is 117 Å². The highest BCUT2D eigenvalue weighted by Gasteiger charge is 2.19. The monoisotopic (exact) mass is 281 g/mol. The SMILES string of the molecule is CCOC(=O)CN(c1ccc([N+](=O)[O-])c(N)c1)C(C)C. The van der Waals surface area contributed by atoms with E-state index in [2.05, 4.69) is 0 Å². The third-order valence-corrected chi connectivity index (χ3v) is 2.77. The molecule has 7 nitrogen and oxygen atoms in total. The maximum atomic E-state index is 11.6. The van der Waals surface area contributed by atoms with Gasteiger partial charge in [0.2, 0.25) is 0 Å². The van der Waals surface area contributed by atoms with Gasteiger partial charge < -0.3 is 15.4 Å². The van der Waals surface area contributed by atoms with Gasteiger partial charge in [-0.1, -0.05) is 0 Å². The number of esters is 1. The summed E-state index contributed by atoms with van der Waals surface area (Å²) >= 11 is 0. The Balaban J connectivity index is 3.01. The standard InChI is InChI=1S/C13H19N3O4/c1-4-20-13(17)8-15(9(2)3)10-5-6-12(16(18)19)11(14)7-10/h5-7,9H,4,8,14H2,1-3H3. The van der Waals surface area contributed by atoms with Crippen LogP contribution in [0.1, 0.15) is 20.8 Å². The molecular formula is C13H19N3O4. The number of nitrogens with two attached hydrogens (primary N) is 1. The largest absolute Gasteiger partial charge is 0.465 e. The zero-order valence-corrected chi connectivity index (χ0v) is 11.8. The average Bonchev–Trinajstić information content (AvgIpc) is 2.35. The van der Waals surface area contributed by atoms with Crippen molar-refractivity contribution in [1.82, 2.24) is 0 Å². The van der Waals surface area contributed by atoms with Gasteiger partial charge >= 0.3 is 5.97 Å². The summed E-state index contributed by atoms with van der Waals surface area (Å²) < 4.78 is 4.92. The van der Waals surface area contributed by atoms with Crippen molar-refractivity contribution in [3.63, 3.8) is 0 Å². The van der Waals surface area contributed by atoms with Gasteiger partial charge in [-0.15, -0.1) is 0 Å². The number of nitro benzene ring substituents is 1. The molecule has 0 aliphatic heterocycles. The number of ether oxygens (including phenoxy) is 1. The maximum Gasteiger partial charge on any atom is 0.325 e. The Hall–Kier alpha value is -2.31. The third kappa shape index (κ3) is 3.84. The fourth-order valence-electron chi connectivity index (χ4n) is 1.80. The lowest BCUT2D eigenvalue weighted by Gasteiger charge is -2.28. The summed E-state index contributed by atoms with van der Waals surface area (Å²) in [6, 6.07) is 4.44. The summed E-state index contributed by atoms with van der Waals surface area (Å²) in [7, 11) is 0. The smallest absolute Gasteiger partial charge is 0.325 e. The minimum atomic E-state index is -0.538. The van der Waals surface area contributed by atoms with Gasteiger partial charge in [-0.05, 0) is 32.9 Å². The van der Waals surface area contributed by atoms with Gasteiger partial charge in [0.15, 0.2) is 0 Å². The number of nitrogens with zero attached hydrogens (tertiary/aromatic N) is 2. The van der Waals surface area contributed by atoms with Crippen molar-refractivity contribution in [2.75, 3.05) is 23.8 Å². The van der Waals surface area contributed by atoms with Crippen LogP contribution in [0.4, 0.5) is 17.1 Å². The van der Waals surface area contributed by atoms with Crippen molar-refractivity contribution in [1.29, 1.82) is 0 Å². The Kier molecular flexibility index (Phi) is 5.31. The predicted octanol–water partition coefficient (Wildman–Crippen LogP) is 1.95. The molecule has 0 bridgehead atoms. The van der Waals surface area contributed by atoms with Crippen LogP contribution in [-0.4, -0.2) is 30.1 Å². The molecule has 0 fully saturated rings. The molecule has 0 radical (unpaired) electrons. The number of hydrogen-bond acceptors (Lipinski definition) is 6. The Morgan fingerprint density at radius 1 is 1.50 bits per heavy atom. The molecule has 1 aromatic carbocycles. The lowest BCUT2D eigenvalue weighted by molar-refractivity contribution is -0.383. The number of nitro groups is 1. The van der Waals surface area contributed by atoms with Crippen LogP contribution in [-0.2, 0) is 9.53 Å². The average molecular weight is 281 g/mol. The fraction of sp³-hybridized carbons (Fsp3) is 0.462. The lowest BCUT2D eigenvalue weighted by Crippen LogP contribution is -2.36. The highest BCUT2D eigenvalue weighted by Crippen LogP contribution is 2.27. The minimum absolute atomic E-state index is 0.0280. The van der Waals surface area contributed by atoms with E-state index in [4.69, 9.17) is 10.5 Å². The second-order valence-corrected chi connectivity index (χ2v) is 4.53. The van der Waals surface area contributed by atoms with Gasteiger partial charge in [0, 0.05) is 17.8 Å². The molecule has 110 valence electrons. The molecule has 0 aromatic heterocycles. The van der Waals surface area contributed by atoms with Crippen molar-refractivity contribution >= 4 is 23.0 Å². The normalized spacial score (nSPS) is 10.4. The highest BCUT2D eigenvalue weighted by molar-refractivity contribution is 5.77. The summed E-state index contributed by atoms with van der Waals surface area (Å²) in [5.74, 6) is -0.349. The summed E-state index contributed by atoms with van der Waals surface area (Å²) in [4.78, 5) is 23.6. The van der Waals surface area contributed by atoms with E-state index >= 15 is 0 Å². The molecule has 0 aliphatic carbocycles. The minimum Gasteiger partial charge on any atom is -0.465 e. The van der Waals surface area contributed by atoms with Gasteiger partial charge in [0.25, 0.3) is 5.69 Å². The first-order valence-corrected chi connectivity index (χ1v) is 6.33. The quantitative estimate of drug-likeness (QED) is 0.370. The molecule has 1 rings (SSSR count). The van der Waals surface area contributed by atoms with Crippen molar-refractivity contribution < 1.29 is 14.5 Å². The Morgan fingerprint density at radius 2 is 2.15 bits per heavy atom. The van der Waals surface area contributed by atoms with E-state index in [1.165, 1.54) is 12.1 Å². The molecule has 0 saturated heterocycles. The first-order valence-electron chi connectivity index (χ1n) is 6.33. The fourth-order valence-corrected chi connectivity index (χ4v) is 1.80. The van der Waals surface area contributed by atoms with Gasteiger partial charge in [-0.25, -0.2) is 0 Å². The topological polar surface area (TPSA) is 98.7 Å². The van der Waals surface area contributed by atoms with Crippen molar-refractivity contribution in [2.24, 2.45) is 0 Å². The molecule has 7 heteroatoms. The molecule has 20 heavy (non-hydrogen) atoms. The van der Waals surface area contributed by atoms with Crippen molar-refractivity contribution in [2.45, 2.75) is 26.8 Å². The van der Waals surface area contributed by atoms with Crippen LogP contribution < -0.4 is 10.6 Å². The second kappa shape index (κ2) is 6.74. The molecule has 0 saturated carbocycles. The summed E-state index contributed by atoms with van der Waals surface area (Å²) in [5, 5.41) is 10.7. The van der Waals surface area contributed by atoms with E-state index in [1.807, 2.05) is 13.8 Å². The molecule has 0 unspecified atom stereocenters. The summed E-state index contributed by atoms with van der Waals surface area (Å²) in [5.41, 5.74) is 6.24. The number of anilines is 2. The molecule has 0 aliphatic rings. The predicted molar refractivity (Wildman–Crippen MR) is 76.6 cm³/mol. The van der Waals surface area contributed by atoms with Gasteiger partial charge in [0.1, 0.15) is 12.2 Å². The molecule has 1 aromatic rings. The zero-order valence-electron chi connectivity index (χ0n) is 11.8. The Morgan fingerprint density at radius 3 is 2.60 bits per heavy atom. The van der Waals surface area contributed by atoms with Crippen LogP contribution >= 0.6 is 0 Å². The Bertz CT molecular complexity index is 502. The van der Waals surface area contributed by atoms with E-state index in [0.717, 1.165) is 0 Å². The van der Waals surface area contributed by atoms with Crippen LogP contribution in [0.15, 0.2) is 18.2 Å². The number of carbonyl (C=O) groups is 1. The first-order chi connectivity index (χ1) is 9.36. The van der Waals surface area contributed by atoms with Gasteiger partial charge in [0.05, 0.1) is 11.5 Å². The van der Waals surface area contributed by atoms with Crippen LogP contribution in [0, 0.1) is 10.1 Å². The zero-order chi connectivity index (χ0) is 15.3. The number of nitrogen functional groups attached to an aromatic ring is 1. The van der Waals surface area contributed by atoms with E-state index in [0.29, 0.717) is 12.3 Å². The number of benzene rings is 1. The molecular weight excluding hydrogens is 262 g/mol. The molecule has 0 spiro atoms. The summed E-state index contributed by atoms with van der Waals surface area (Å²) in [6.07, 6.45) is 0. The van der Waals surface area contributed by atoms with Crippen LogP contribution in [0.3, 0.4) is 0 Å². The molecule has 0 atom stereocenters. The van der Waals surface area contributed by atoms with Crippen molar-refractivity contribution in [3.8, 4) is 0 Å².